The molecular formula is C11H15BrN2. The van der Waals surface area contributed by atoms with Crippen LogP contribution in [0.1, 0.15) is 18.4 Å². The molecule has 0 saturated carbocycles. The number of nitrogens with zero attached hydrogens (tertiary/aromatic N) is 1. The standard InChI is InChI=1S/C11H15BrN2/c1-14-5-3-2-4-8-6-9(13)7-10(12)11(8)14/h6-7H,2-5,13H2,1H3. The van der Waals surface area contributed by atoms with Crippen molar-refractivity contribution in [3.63, 3.8) is 0 Å². The molecular weight excluding hydrogens is 240 g/mol. The molecule has 0 bridgehead atoms. The maximum atomic E-state index is 5.83. The van der Waals surface area contributed by atoms with Gasteiger partial charge in [0.1, 0.15) is 0 Å². The lowest BCUT2D eigenvalue weighted by Gasteiger charge is -2.21. The molecule has 0 fully saturated rings. The molecule has 0 aliphatic carbocycles. The molecule has 76 valence electrons. The molecule has 1 aliphatic heterocycles. The van der Waals surface area contributed by atoms with Gasteiger partial charge < -0.3 is 10.6 Å². The molecule has 0 amide bonds. The first-order chi connectivity index (χ1) is 6.68. The van der Waals surface area contributed by atoms with Crippen LogP contribution < -0.4 is 10.6 Å². The highest BCUT2D eigenvalue weighted by molar-refractivity contribution is 9.10. The maximum Gasteiger partial charge on any atom is 0.0542 e. The third-order valence-electron chi connectivity index (χ3n) is 2.74. The molecule has 1 aromatic rings. The summed E-state index contributed by atoms with van der Waals surface area (Å²) in [5, 5.41) is 0. The van der Waals surface area contributed by atoms with Crippen molar-refractivity contribution in [3.05, 3.63) is 22.2 Å². The highest BCUT2D eigenvalue weighted by Crippen LogP contribution is 2.34. The van der Waals surface area contributed by atoms with Crippen molar-refractivity contribution in [2.45, 2.75) is 19.3 Å². The Bertz CT molecular complexity index is 349. The Morgan fingerprint density at radius 3 is 2.93 bits per heavy atom. The molecule has 3 heteroatoms. The Morgan fingerprint density at radius 1 is 1.36 bits per heavy atom. The Hall–Kier alpha value is -0.700. The molecule has 0 radical (unpaired) electrons. The van der Waals surface area contributed by atoms with E-state index in [4.69, 9.17) is 5.73 Å². The van der Waals surface area contributed by atoms with Crippen molar-refractivity contribution >= 4 is 27.3 Å². The van der Waals surface area contributed by atoms with Gasteiger partial charge in [-0.05, 0) is 52.9 Å². The number of rotatable bonds is 0. The van der Waals surface area contributed by atoms with Gasteiger partial charge in [-0.2, -0.15) is 0 Å². The number of nitrogens with two attached hydrogens (primary N) is 1. The summed E-state index contributed by atoms with van der Waals surface area (Å²) in [6.45, 7) is 1.13. The first-order valence-corrected chi connectivity index (χ1v) is 5.77. The third kappa shape index (κ3) is 1.73. The number of aryl methyl sites for hydroxylation is 1. The maximum absolute atomic E-state index is 5.83. The van der Waals surface area contributed by atoms with Crippen LogP contribution >= 0.6 is 15.9 Å². The van der Waals surface area contributed by atoms with Gasteiger partial charge in [0.2, 0.25) is 0 Å². The van der Waals surface area contributed by atoms with Crippen molar-refractivity contribution < 1.29 is 0 Å². The van der Waals surface area contributed by atoms with Crippen LogP contribution in [0.5, 0.6) is 0 Å². The number of halogens is 1. The van der Waals surface area contributed by atoms with Gasteiger partial charge in [-0.25, -0.2) is 0 Å². The fourth-order valence-electron chi connectivity index (χ4n) is 2.07. The second-order valence-corrected chi connectivity index (χ2v) is 4.74. The molecule has 14 heavy (non-hydrogen) atoms. The summed E-state index contributed by atoms with van der Waals surface area (Å²) >= 11 is 3.59. The number of hydrogen-bond donors (Lipinski definition) is 1. The van der Waals surface area contributed by atoms with Crippen LogP contribution in [0, 0.1) is 0 Å². The Morgan fingerprint density at radius 2 is 2.14 bits per heavy atom. The molecule has 1 aromatic carbocycles. The van der Waals surface area contributed by atoms with Crippen LogP contribution in [-0.4, -0.2) is 13.6 Å². The molecule has 2 rings (SSSR count). The van der Waals surface area contributed by atoms with E-state index in [0.717, 1.165) is 23.1 Å². The summed E-state index contributed by atoms with van der Waals surface area (Å²) in [5.74, 6) is 0. The smallest absolute Gasteiger partial charge is 0.0542 e. The molecule has 2 nitrogen and oxygen atoms in total. The molecule has 0 atom stereocenters. The van der Waals surface area contributed by atoms with Crippen LogP contribution in [0.15, 0.2) is 16.6 Å². The monoisotopic (exact) mass is 254 g/mol. The average molecular weight is 255 g/mol. The van der Waals surface area contributed by atoms with E-state index in [-0.39, 0.29) is 0 Å². The van der Waals surface area contributed by atoms with Crippen molar-refractivity contribution in [2.24, 2.45) is 0 Å². The van der Waals surface area contributed by atoms with Gasteiger partial charge in [-0.3, -0.25) is 0 Å². The average Bonchev–Trinajstić information content (AvgIpc) is 2.27. The summed E-state index contributed by atoms with van der Waals surface area (Å²) in [6.07, 6.45) is 3.66. The third-order valence-corrected chi connectivity index (χ3v) is 3.34. The van der Waals surface area contributed by atoms with E-state index in [9.17, 15) is 0 Å². The highest BCUT2D eigenvalue weighted by Gasteiger charge is 2.15. The normalized spacial score (nSPS) is 16.3. The largest absolute Gasteiger partial charge is 0.399 e. The van der Waals surface area contributed by atoms with Crippen molar-refractivity contribution in [2.75, 3.05) is 24.2 Å². The van der Waals surface area contributed by atoms with Crippen LogP contribution in [0.2, 0.25) is 0 Å². The van der Waals surface area contributed by atoms with Crippen molar-refractivity contribution in [3.8, 4) is 0 Å². The molecule has 0 aromatic heterocycles. The Kier molecular flexibility index (Phi) is 2.68. The zero-order valence-electron chi connectivity index (χ0n) is 8.39. The van der Waals surface area contributed by atoms with E-state index in [1.165, 1.54) is 24.1 Å². The zero-order chi connectivity index (χ0) is 10.1. The summed E-state index contributed by atoms with van der Waals surface area (Å²) < 4.78 is 1.12. The first-order valence-electron chi connectivity index (χ1n) is 4.97. The summed E-state index contributed by atoms with van der Waals surface area (Å²) in [4.78, 5) is 2.31. The van der Waals surface area contributed by atoms with Crippen LogP contribution in [0.3, 0.4) is 0 Å². The van der Waals surface area contributed by atoms with Crippen LogP contribution in [0.4, 0.5) is 11.4 Å². The first kappa shape index (κ1) is 9.84. The molecule has 1 heterocycles. The number of benzene rings is 1. The fourth-order valence-corrected chi connectivity index (χ4v) is 2.90. The predicted octanol–water partition coefficient (Wildman–Crippen LogP) is 2.80. The Labute approximate surface area is 93.2 Å². The van der Waals surface area contributed by atoms with Crippen LogP contribution in [-0.2, 0) is 6.42 Å². The van der Waals surface area contributed by atoms with Crippen molar-refractivity contribution in [1.82, 2.24) is 0 Å². The van der Waals surface area contributed by atoms with Gasteiger partial charge in [0.05, 0.1) is 5.69 Å². The van der Waals surface area contributed by atoms with E-state index < -0.39 is 0 Å². The summed E-state index contributed by atoms with van der Waals surface area (Å²) in [5.41, 5.74) is 9.37. The lowest BCUT2D eigenvalue weighted by atomic mass is 10.1. The minimum Gasteiger partial charge on any atom is -0.399 e. The van der Waals surface area contributed by atoms with E-state index in [0.29, 0.717) is 0 Å². The second-order valence-electron chi connectivity index (χ2n) is 3.89. The number of fused-ring (bicyclic) bond motifs is 1. The molecule has 0 spiro atoms. The van der Waals surface area contributed by atoms with E-state index in [1.54, 1.807) is 0 Å². The van der Waals surface area contributed by atoms with Gasteiger partial charge in [0, 0.05) is 23.8 Å². The van der Waals surface area contributed by atoms with Gasteiger partial charge in [0.15, 0.2) is 0 Å². The topological polar surface area (TPSA) is 29.3 Å². The van der Waals surface area contributed by atoms with E-state index >= 15 is 0 Å². The van der Waals surface area contributed by atoms with E-state index in [2.05, 4.69) is 33.9 Å². The van der Waals surface area contributed by atoms with Gasteiger partial charge in [-0.15, -0.1) is 0 Å². The molecule has 0 saturated heterocycles. The Balaban J connectivity index is 2.53. The molecule has 0 unspecified atom stereocenters. The fraction of sp³-hybridized carbons (Fsp3) is 0.455. The SMILES string of the molecule is CN1CCCCc2cc(N)cc(Br)c21. The summed E-state index contributed by atoms with van der Waals surface area (Å²) in [6, 6.07) is 4.09. The second kappa shape index (κ2) is 3.81. The predicted molar refractivity (Wildman–Crippen MR) is 64.8 cm³/mol. The van der Waals surface area contributed by atoms with Gasteiger partial charge >= 0.3 is 0 Å². The number of nitrogen functional groups attached to an aromatic ring is 1. The van der Waals surface area contributed by atoms with Gasteiger partial charge in [0.25, 0.3) is 0 Å². The quantitative estimate of drug-likeness (QED) is 0.722. The molecule has 2 N–H and O–H groups in total. The van der Waals surface area contributed by atoms with Gasteiger partial charge in [-0.1, -0.05) is 0 Å². The lowest BCUT2D eigenvalue weighted by Crippen LogP contribution is -2.18. The highest BCUT2D eigenvalue weighted by atomic mass is 79.9. The number of hydrogen-bond acceptors (Lipinski definition) is 2. The van der Waals surface area contributed by atoms with Crippen molar-refractivity contribution in [1.29, 1.82) is 0 Å². The van der Waals surface area contributed by atoms with E-state index in [1.807, 2.05) is 6.07 Å². The minimum absolute atomic E-state index is 0.853. The minimum atomic E-state index is 0.853. The van der Waals surface area contributed by atoms with Crippen LogP contribution in [0.25, 0.3) is 0 Å². The molecule has 1 aliphatic rings. The number of anilines is 2. The summed E-state index contributed by atoms with van der Waals surface area (Å²) in [7, 11) is 2.14. The lowest BCUT2D eigenvalue weighted by molar-refractivity contribution is 0.750. The zero-order valence-corrected chi connectivity index (χ0v) is 9.97.